The van der Waals surface area contributed by atoms with Gasteiger partial charge in [-0.25, -0.2) is 22.0 Å². The van der Waals surface area contributed by atoms with E-state index in [1.165, 1.54) is 18.2 Å². The number of hydrogen-bond acceptors (Lipinski definition) is 4. The van der Waals surface area contributed by atoms with Crippen LogP contribution in [0.15, 0.2) is 34.1 Å². The highest BCUT2D eigenvalue weighted by Gasteiger charge is 2.29. The quantitative estimate of drug-likeness (QED) is 0.767. The first-order chi connectivity index (χ1) is 9.25. The van der Waals surface area contributed by atoms with Crippen molar-refractivity contribution in [3.05, 3.63) is 24.3 Å². The van der Waals surface area contributed by atoms with E-state index < -0.39 is 24.9 Å². The Morgan fingerprint density at radius 2 is 1.75 bits per heavy atom. The molecule has 0 fully saturated rings. The number of primary sulfonamides is 1. The molecular formula is C12H16N2O4S2. The molecule has 1 aromatic rings. The Hall–Kier alpha value is -1.40. The van der Waals surface area contributed by atoms with Crippen molar-refractivity contribution >= 4 is 20.0 Å². The molecule has 1 rings (SSSR count). The average molecular weight is 316 g/mol. The minimum absolute atomic E-state index is 0.130. The van der Waals surface area contributed by atoms with Gasteiger partial charge in [0.2, 0.25) is 20.0 Å². The van der Waals surface area contributed by atoms with Gasteiger partial charge >= 0.3 is 0 Å². The van der Waals surface area contributed by atoms with Crippen LogP contribution in [0.5, 0.6) is 0 Å². The molecule has 0 amide bonds. The van der Waals surface area contributed by atoms with Crippen molar-refractivity contribution in [3.8, 4) is 12.3 Å². The third-order valence-electron chi connectivity index (χ3n) is 2.51. The summed E-state index contributed by atoms with van der Waals surface area (Å²) >= 11 is 0. The van der Waals surface area contributed by atoms with Gasteiger partial charge < -0.3 is 0 Å². The number of terminal acetylenes is 1. The highest BCUT2D eigenvalue weighted by Crippen LogP contribution is 2.23. The molecule has 0 unspecified atom stereocenters. The van der Waals surface area contributed by atoms with Gasteiger partial charge in [0.05, 0.1) is 6.54 Å². The highest BCUT2D eigenvalue weighted by atomic mass is 32.2. The summed E-state index contributed by atoms with van der Waals surface area (Å²) in [4.78, 5) is -0.788. The lowest BCUT2D eigenvalue weighted by atomic mass is 10.4. The smallest absolute Gasteiger partial charge is 0.225 e. The summed E-state index contributed by atoms with van der Waals surface area (Å²) < 4.78 is 49.0. The van der Waals surface area contributed by atoms with Crippen LogP contribution in [0.4, 0.5) is 0 Å². The van der Waals surface area contributed by atoms with Gasteiger partial charge in [0, 0.05) is 6.54 Å². The number of benzene rings is 1. The Balaban J connectivity index is 3.47. The zero-order valence-electron chi connectivity index (χ0n) is 11.0. The average Bonchev–Trinajstić information content (AvgIpc) is 2.37. The Labute approximate surface area is 119 Å². The van der Waals surface area contributed by atoms with Crippen LogP contribution in [0.25, 0.3) is 0 Å². The lowest BCUT2D eigenvalue weighted by Gasteiger charge is -2.20. The maximum absolute atomic E-state index is 12.5. The van der Waals surface area contributed by atoms with Crippen LogP contribution in [0, 0.1) is 12.3 Å². The topological polar surface area (TPSA) is 97.5 Å². The van der Waals surface area contributed by atoms with E-state index in [-0.39, 0.29) is 18.0 Å². The number of sulfonamides is 2. The molecule has 0 atom stereocenters. The molecule has 0 aromatic heterocycles. The summed E-state index contributed by atoms with van der Waals surface area (Å²) in [5.74, 6) is 2.25. The van der Waals surface area contributed by atoms with Crippen LogP contribution in [0.1, 0.15) is 13.3 Å². The minimum atomic E-state index is -4.14. The fourth-order valence-electron chi connectivity index (χ4n) is 1.67. The van der Waals surface area contributed by atoms with Gasteiger partial charge in [0.15, 0.2) is 0 Å². The summed E-state index contributed by atoms with van der Waals surface area (Å²) in [5, 5.41) is 5.05. The second-order valence-corrected chi connectivity index (χ2v) is 7.47. The first-order valence-corrected chi connectivity index (χ1v) is 8.79. The molecule has 2 N–H and O–H groups in total. The van der Waals surface area contributed by atoms with Gasteiger partial charge in [-0.15, -0.1) is 6.42 Å². The molecular weight excluding hydrogens is 300 g/mol. The maximum atomic E-state index is 12.5. The van der Waals surface area contributed by atoms with Crippen molar-refractivity contribution in [2.75, 3.05) is 13.1 Å². The molecule has 0 aliphatic rings. The molecule has 20 heavy (non-hydrogen) atoms. The van der Waals surface area contributed by atoms with Crippen LogP contribution in [0.3, 0.4) is 0 Å². The molecule has 0 saturated heterocycles. The molecule has 0 aliphatic heterocycles. The summed E-state index contributed by atoms with van der Waals surface area (Å²) in [6, 6.07) is 5.20. The van der Waals surface area contributed by atoms with E-state index in [0.717, 1.165) is 10.4 Å². The predicted octanol–water partition coefficient (Wildman–Crippen LogP) is 0.368. The van der Waals surface area contributed by atoms with Crippen LogP contribution < -0.4 is 5.14 Å². The first kappa shape index (κ1) is 16.7. The highest BCUT2D eigenvalue weighted by molar-refractivity contribution is 7.92. The number of nitrogens with zero attached hydrogens (tertiary/aromatic N) is 1. The normalized spacial score (nSPS) is 12.3. The van der Waals surface area contributed by atoms with E-state index in [0.29, 0.717) is 6.42 Å². The lowest BCUT2D eigenvalue weighted by molar-refractivity contribution is 0.444. The number of hydrogen-bond donors (Lipinski definition) is 1. The molecule has 6 nitrogen and oxygen atoms in total. The molecule has 8 heteroatoms. The molecule has 0 saturated carbocycles. The Morgan fingerprint density at radius 3 is 2.20 bits per heavy atom. The maximum Gasteiger partial charge on any atom is 0.245 e. The van der Waals surface area contributed by atoms with Crippen molar-refractivity contribution in [1.82, 2.24) is 4.31 Å². The van der Waals surface area contributed by atoms with Gasteiger partial charge in [-0.2, -0.15) is 4.31 Å². The van der Waals surface area contributed by atoms with Gasteiger partial charge in [0.1, 0.15) is 9.79 Å². The minimum Gasteiger partial charge on any atom is -0.225 e. The fourth-order valence-corrected chi connectivity index (χ4v) is 4.47. The van der Waals surface area contributed by atoms with Crippen LogP contribution in [-0.2, 0) is 20.0 Å². The van der Waals surface area contributed by atoms with Crippen LogP contribution >= 0.6 is 0 Å². The molecule has 0 radical (unpaired) electrons. The van der Waals surface area contributed by atoms with E-state index in [1.807, 2.05) is 0 Å². The molecule has 0 aliphatic carbocycles. The Kier molecular flexibility index (Phi) is 5.30. The standard InChI is InChI=1S/C12H16N2O4S2/c1-3-9-14(10-4-2)20(17,18)12-8-6-5-7-11(12)19(13,15)16/h1,5-8H,4,9-10H2,2H3,(H2,13,15,16). The summed E-state index contributed by atoms with van der Waals surface area (Å²) in [6.45, 7) is 1.87. The van der Waals surface area contributed by atoms with Crippen LogP contribution in [0.2, 0.25) is 0 Å². The Morgan fingerprint density at radius 1 is 1.20 bits per heavy atom. The zero-order valence-corrected chi connectivity index (χ0v) is 12.6. The van der Waals surface area contributed by atoms with E-state index in [4.69, 9.17) is 11.6 Å². The van der Waals surface area contributed by atoms with E-state index in [9.17, 15) is 16.8 Å². The van der Waals surface area contributed by atoms with Crippen molar-refractivity contribution < 1.29 is 16.8 Å². The molecule has 0 heterocycles. The monoisotopic (exact) mass is 316 g/mol. The van der Waals surface area contributed by atoms with Crippen molar-refractivity contribution in [2.24, 2.45) is 5.14 Å². The lowest BCUT2D eigenvalue weighted by Crippen LogP contribution is -2.33. The molecule has 0 bridgehead atoms. The number of rotatable bonds is 6. The fraction of sp³-hybridized carbons (Fsp3) is 0.333. The van der Waals surface area contributed by atoms with Crippen molar-refractivity contribution in [3.63, 3.8) is 0 Å². The third-order valence-corrected chi connectivity index (χ3v) is 5.52. The SMILES string of the molecule is C#CCN(CCC)S(=O)(=O)c1ccccc1S(N)(=O)=O. The van der Waals surface area contributed by atoms with Gasteiger partial charge in [-0.1, -0.05) is 25.0 Å². The molecule has 1 aromatic carbocycles. The Bertz CT molecular complexity index is 718. The van der Waals surface area contributed by atoms with E-state index in [1.54, 1.807) is 6.92 Å². The van der Waals surface area contributed by atoms with E-state index >= 15 is 0 Å². The summed E-state index contributed by atoms with van der Waals surface area (Å²) in [6.07, 6.45) is 5.71. The molecule has 0 spiro atoms. The summed E-state index contributed by atoms with van der Waals surface area (Å²) in [7, 11) is -8.15. The van der Waals surface area contributed by atoms with Gasteiger partial charge in [-0.3, -0.25) is 0 Å². The second-order valence-electron chi connectivity index (χ2n) is 4.03. The van der Waals surface area contributed by atoms with E-state index in [2.05, 4.69) is 5.92 Å². The third kappa shape index (κ3) is 3.58. The van der Waals surface area contributed by atoms with Gasteiger partial charge in [0.25, 0.3) is 0 Å². The second kappa shape index (κ2) is 6.37. The largest absolute Gasteiger partial charge is 0.245 e. The number of nitrogens with two attached hydrogens (primary N) is 1. The van der Waals surface area contributed by atoms with Gasteiger partial charge in [-0.05, 0) is 18.6 Å². The zero-order chi connectivity index (χ0) is 15.4. The summed E-state index contributed by atoms with van der Waals surface area (Å²) in [5.41, 5.74) is 0. The van der Waals surface area contributed by atoms with Crippen LogP contribution in [-0.4, -0.2) is 34.2 Å². The molecule has 110 valence electrons. The first-order valence-electron chi connectivity index (χ1n) is 5.80. The van der Waals surface area contributed by atoms with Crippen molar-refractivity contribution in [2.45, 2.75) is 23.1 Å². The van der Waals surface area contributed by atoms with Crippen molar-refractivity contribution in [1.29, 1.82) is 0 Å². The predicted molar refractivity (Wildman–Crippen MR) is 75.7 cm³/mol.